The molecule has 0 amide bonds. The summed E-state index contributed by atoms with van der Waals surface area (Å²) in [5.41, 5.74) is 0. The first-order chi connectivity index (χ1) is 39.5. The van der Waals surface area contributed by atoms with Gasteiger partial charge < -0.3 is 14.2 Å². The average molecular weight is 1100 g/mol. The van der Waals surface area contributed by atoms with Crippen molar-refractivity contribution in [2.45, 2.75) is 277 Å². The third-order valence-corrected chi connectivity index (χ3v) is 13.2. The van der Waals surface area contributed by atoms with Gasteiger partial charge in [0.2, 0.25) is 0 Å². The Morgan fingerprint density at radius 2 is 0.487 bits per heavy atom. The molecule has 0 radical (unpaired) electrons. The highest BCUT2D eigenvalue weighted by atomic mass is 16.6. The second-order valence-corrected chi connectivity index (χ2v) is 20.9. The SMILES string of the molecule is CC/C=C\C/C=C\C/C=C\C/C=C\C/C=C\C/C=C\C/C=C\CCCCCCCCCCCC(=O)OCC(COC(=O)CCCCCCC/C=C\CCC)OC(=O)CCCCCCC/C=C\C/C=C\C/C=C\C/C=C\C/C=C\CC. The smallest absolute Gasteiger partial charge is 0.306 e. The van der Waals surface area contributed by atoms with Crippen LogP contribution in [0.5, 0.6) is 0 Å². The fraction of sp³-hybridized carbons (Fsp3) is 0.608. The van der Waals surface area contributed by atoms with E-state index in [9.17, 15) is 14.4 Å². The Kier molecular flexibility index (Phi) is 62.4. The van der Waals surface area contributed by atoms with Gasteiger partial charge in [0.15, 0.2) is 6.10 Å². The maximum absolute atomic E-state index is 12.9. The number of hydrogen-bond acceptors (Lipinski definition) is 6. The summed E-state index contributed by atoms with van der Waals surface area (Å²) in [6.45, 7) is 6.32. The van der Waals surface area contributed by atoms with Crippen LogP contribution in [0.1, 0.15) is 271 Å². The standard InChI is InChI=1S/C74H118O6/c1-4-7-10-13-16-19-22-24-26-28-30-32-33-34-35-36-37-38-39-40-41-43-44-46-48-50-52-55-58-61-64-67-73(76)79-70-71(69-78-72(75)66-63-60-57-54-21-18-15-12-9-6-3)80-74(77)68-65-62-59-56-53-51-49-47-45-42-31-29-27-25-23-20-17-14-11-8-5-2/h7-8,10-12,15-17,19-20,24-27,30-32,34-35,37-38,40-42,47,49,71H,4-6,9,13-14,18,21-23,28-29,33,36,39,43-46,48,50-70H2,1-3H3/b10-7-,11-8-,15-12-,19-16-,20-17-,26-24-,27-25-,32-30-,35-34-,38-37-,41-40-,42-31-,49-47-. The second-order valence-electron chi connectivity index (χ2n) is 20.9. The molecule has 6 nitrogen and oxygen atoms in total. The van der Waals surface area contributed by atoms with Gasteiger partial charge in [0, 0.05) is 19.3 Å². The van der Waals surface area contributed by atoms with Gasteiger partial charge >= 0.3 is 17.9 Å². The largest absolute Gasteiger partial charge is 0.462 e. The number of hydrogen-bond donors (Lipinski definition) is 0. The van der Waals surface area contributed by atoms with Gasteiger partial charge in [0.1, 0.15) is 13.2 Å². The van der Waals surface area contributed by atoms with Crippen LogP contribution in [0.4, 0.5) is 0 Å². The monoisotopic (exact) mass is 1100 g/mol. The minimum absolute atomic E-state index is 0.0976. The van der Waals surface area contributed by atoms with Gasteiger partial charge in [0.25, 0.3) is 0 Å². The van der Waals surface area contributed by atoms with E-state index in [1.165, 1.54) is 51.4 Å². The third-order valence-electron chi connectivity index (χ3n) is 13.2. The zero-order chi connectivity index (χ0) is 57.8. The molecular formula is C74H118O6. The zero-order valence-corrected chi connectivity index (χ0v) is 51.5. The Morgan fingerprint density at radius 1 is 0.263 bits per heavy atom. The van der Waals surface area contributed by atoms with Crippen LogP contribution in [0.2, 0.25) is 0 Å². The molecule has 0 N–H and O–H groups in total. The Labute approximate surface area is 492 Å². The first-order valence-electron chi connectivity index (χ1n) is 32.5. The number of esters is 3. The van der Waals surface area contributed by atoms with Crippen LogP contribution in [0.15, 0.2) is 158 Å². The Morgan fingerprint density at radius 3 is 0.775 bits per heavy atom. The van der Waals surface area contributed by atoms with Gasteiger partial charge in [-0.05, 0) is 141 Å². The van der Waals surface area contributed by atoms with E-state index in [2.05, 4.69) is 179 Å². The van der Waals surface area contributed by atoms with Crippen LogP contribution in [0.3, 0.4) is 0 Å². The molecular weight excluding hydrogens is 985 g/mol. The highest BCUT2D eigenvalue weighted by Crippen LogP contribution is 2.15. The summed E-state index contributed by atoms with van der Waals surface area (Å²) in [5, 5.41) is 0. The van der Waals surface area contributed by atoms with Gasteiger partial charge in [-0.15, -0.1) is 0 Å². The molecule has 450 valence electrons. The van der Waals surface area contributed by atoms with Crippen LogP contribution < -0.4 is 0 Å². The Balaban J connectivity index is 4.30. The van der Waals surface area contributed by atoms with Crippen LogP contribution in [0.25, 0.3) is 0 Å². The van der Waals surface area contributed by atoms with E-state index in [4.69, 9.17) is 14.2 Å². The number of allylic oxidation sites excluding steroid dienone is 26. The lowest BCUT2D eigenvalue weighted by molar-refractivity contribution is -0.167. The van der Waals surface area contributed by atoms with Gasteiger partial charge in [-0.25, -0.2) is 0 Å². The lowest BCUT2D eigenvalue weighted by Crippen LogP contribution is -2.30. The maximum atomic E-state index is 12.9. The molecule has 0 heterocycles. The van der Waals surface area contributed by atoms with Crippen molar-refractivity contribution < 1.29 is 28.6 Å². The van der Waals surface area contributed by atoms with E-state index in [-0.39, 0.29) is 31.1 Å². The predicted molar refractivity (Wildman–Crippen MR) is 348 cm³/mol. The minimum Gasteiger partial charge on any atom is -0.462 e. The molecule has 0 rings (SSSR count). The first kappa shape index (κ1) is 75.0. The molecule has 0 aromatic rings. The topological polar surface area (TPSA) is 78.9 Å². The van der Waals surface area contributed by atoms with Crippen LogP contribution in [0, 0.1) is 0 Å². The Bertz CT molecular complexity index is 1790. The van der Waals surface area contributed by atoms with Gasteiger partial charge in [-0.1, -0.05) is 269 Å². The van der Waals surface area contributed by atoms with E-state index in [0.717, 1.165) is 180 Å². The van der Waals surface area contributed by atoms with Gasteiger partial charge in [-0.3, -0.25) is 14.4 Å². The molecule has 1 unspecified atom stereocenters. The van der Waals surface area contributed by atoms with Crippen LogP contribution in [-0.2, 0) is 28.6 Å². The molecule has 1 atom stereocenters. The van der Waals surface area contributed by atoms with Gasteiger partial charge in [-0.2, -0.15) is 0 Å². The summed E-state index contributed by atoms with van der Waals surface area (Å²) in [4.78, 5) is 38.2. The summed E-state index contributed by atoms with van der Waals surface area (Å²) >= 11 is 0. The van der Waals surface area contributed by atoms with Crippen molar-refractivity contribution in [3.8, 4) is 0 Å². The zero-order valence-electron chi connectivity index (χ0n) is 51.5. The molecule has 0 aliphatic rings. The van der Waals surface area contributed by atoms with E-state index < -0.39 is 6.10 Å². The van der Waals surface area contributed by atoms with Gasteiger partial charge in [0.05, 0.1) is 0 Å². The summed E-state index contributed by atoms with van der Waals surface area (Å²) < 4.78 is 16.9. The molecule has 0 spiro atoms. The van der Waals surface area contributed by atoms with Crippen LogP contribution in [-0.4, -0.2) is 37.2 Å². The summed E-state index contributed by atoms with van der Waals surface area (Å²) in [6, 6.07) is 0. The second kappa shape index (κ2) is 66.5. The van der Waals surface area contributed by atoms with Crippen molar-refractivity contribution in [1.29, 1.82) is 0 Å². The molecule has 0 aromatic heterocycles. The molecule has 0 saturated carbocycles. The highest BCUT2D eigenvalue weighted by Gasteiger charge is 2.19. The molecule has 0 aliphatic carbocycles. The number of rotatable bonds is 57. The summed E-state index contributed by atoms with van der Waals surface area (Å²) in [5.74, 6) is -0.936. The fourth-order valence-electron chi connectivity index (χ4n) is 8.45. The van der Waals surface area contributed by atoms with Crippen molar-refractivity contribution >= 4 is 17.9 Å². The van der Waals surface area contributed by atoms with Crippen molar-refractivity contribution in [2.24, 2.45) is 0 Å². The lowest BCUT2D eigenvalue weighted by Gasteiger charge is -2.18. The molecule has 0 aliphatic heterocycles. The molecule has 0 fully saturated rings. The Hall–Kier alpha value is -4.97. The minimum atomic E-state index is -0.802. The quantitative estimate of drug-likeness (QED) is 0.0261. The molecule has 0 aromatic carbocycles. The van der Waals surface area contributed by atoms with Crippen molar-refractivity contribution in [2.75, 3.05) is 13.2 Å². The van der Waals surface area contributed by atoms with Crippen LogP contribution >= 0.6 is 0 Å². The van der Waals surface area contributed by atoms with E-state index >= 15 is 0 Å². The number of carbonyl (C=O) groups is 3. The average Bonchev–Trinajstić information content (AvgIpc) is 3.46. The van der Waals surface area contributed by atoms with E-state index in [1.54, 1.807) is 0 Å². The lowest BCUT2D eigenvalue weighted by atomic mass is 10.1. The summed E-state index contributed by atoms with van der Waals surface area (Å²) in [7, 11) is 0. The number of unbranched alkanes of at least 4 members (excludes halogenated alkanes) is 20. The molecule has 6 heteroatoms. The molecule has 80 heavy (non-hydrogen) atoms. The number of carbonyl (C=O) groups excluding carboxylic acids is 3. The van der Waals surface area contributed by atoms with Crippen molar-refractivity contribution in [1.82, 2.24) is 0 Å². The highest BCUT2D eigenvalue weighted by molar-refractivity contribution is 5.71. The van der Waals surface area contributed by atoms with Crippen molar-refractivity contribution in [3.63, 3.8) is 0 Å². The molecule has 0 bridgehead atoms. The van der Waals surface area contributed by atoms with Crippen molar-refractivity contribution in [3.05, 3.63) is 158 Å². The summed E-state index contributed by atoms with van der Waals surface area (Å²) in [6.07, 6.45) is 96.8. The third kappa shape index (κ3) is 63.9. The first-order valence-corrected chi connectivity index (χ1v) is 32.5. The fourth-order valence-corrected chi connectivity index (χ4v) is 8.45. The number of ether oxygens (including phenoxy) is 3. The van der Waals surface area contributed by atoms with E-state index in [1.807, 2.05) is 0 Å². The molecule has 0 saturated heterocycles. The normalized spacial score (nSPS) is 13.2. The van der Waals surface area contributed by atoms with E-state index in [0.29, 0.717) is 19.3 Å². The predicted octanol–water partition coefficient (Wildman–Crippen LogP) is 22.5. The maximum Gasteiger partial charge on any atom is 0.306 e.